The molecule has 7 nitrogen and oxygen atoms in total. The smallest absolute Gasteiger partial charge is 0.339 e. The van der Waals surface area contributed by atoms with Crippen molar-refractivity contribution in [1.82, 2.24) is 9.80 Å². The van der Waals surface area contributed by atoms with Gasteiger partial charge in [-0.2, -0.15) is 0 Å². The van der Waals surface area contributed by atoms with Crippen LogP contribution in [0.1, 0.15) is 29.5 Å². The Bertz CT molecular complexity index is 983. The number of piperazine rings is 1. The van der Waals surface area contributed by atoms with Crippen LogP contribution in [0.5, 0.6) is 5.75 Å². The van der Waals surface area contributed by atoms with Crippen molar-refractivity contribution in [2.75, 3.05) is 39.9 Å². The Morgan fingerprint density at radius 3 is 2.76 bits per heavy atom. The van der Waals surface area contributed by atoms with E-state index in [0.29, 0.717) is 24.4 Å². The summed E-state index contributed by atoms with van der Waals surface area (Å²) < 4.78 is 11.4. The molecule has 2 aliphatic rings. The van der Waals surface area contributed by atoms with Crippen LogP contribution in [0.2, 0.25) is 0 Å². The molecular weight excluding hydrogens is 372 g/mol. The van der Waals surface area contributed by atoms with Crippen LogP contribution < -0.4 is 10.4 Å². The van der Waals surface area contributed by atoms with Crippen molar-refractivity contribution in [2.24, 2.45) is 0 Å². The number of fused-ring (bicyclic) bond motifs is 3. The quantitative estimate of drug-likeness (QED) is 0.783. The molecule has 0 saturated carbocycles. The lowest BCUT2D eigenvalue weighted by Crippen LogP contribution is -2.55. The molecule has 0 bridgehead atoms. The van der Waals surface area contributed by atoms with Gasteiger partial charge in [0.2, 0.25) is 0 Å². The van der Waals surface area contributed by atoms with Crippen molar-refractivity contribution in [3.8, 4) is 5.75 Å². The van der Waals surface area contributed by atoms with E-state index in [1.165, 1.54) is 0 Å². The van der Waals surface area contributed by atoms with Gasteiger partial charge in [-0.25, -0.2) is 4.79 Å². The molecule has 1 amide bonds. The lowest BCUT2D eigenvalue weighted by atomic mass is 9.90. The van der Waals surface area contributed by atoms with E-state index in [1.807, 2.05) is 26.1 Å². The van der Waals surface area contributed by atoms with Crippen molar-refractivity contribution in [3.05, 3.63) is 39.2 Å². The molecule has 1 saturated heterocycles. The third kappa shape index (κ3) is 3.76. The summed E-state index contributed by atoms with van der Waals surface area (Å²) in [6.45, 7) is 3.64. The molecular formula is C22H28N2O5. The van der Waals surface area contributed by atoms with E-state index >= 15 is 0 Å². The van der Waals surface area contributed by atoms with E-state index in [-0.39, 0.29) is 30.8 Å². The van der Waals surface area contributed by atoms with Gasteiger partial charge < -0.3 is 19.2 Å². The maximum atomic E-state index is 12.6. The Morgan fingerprint density at radius 2 is 2.00 bits per heavy atom. The third-order valence-corrected chi connectivity index (χ3v) is 6.28. The predicted octanol–water partition coefficient (Wildman–Crippen LogP) is 1.49. The van der Waals surface area contributed by atoms with Gasteiger partial charge in [0, 0.05) is 36.1 Å². The number of aryl methyl sites for hydroxylation is 2. The van der Waals surface area contributed by atoms with Crippen LogP contribution in [0.25, 0.3) is 11.0 Å². The summed E-state index contributed by atoms with van der Waals surface area (Å²) in [7, 11) is 1.95. The summed E-state index contributed by atoms with van der Waals surface area (Å²) in [6.07, 6.45) is 3.77. The first-order chi connectivity index (χ1) is 14.0. The molecule has 0 radical (unpaired) electrons. The highest BCUT2D eigenvalue weighted by atomic mass is 16.5. The minimum absolute atomic E-state index is 0.0221. The van der Waals surface area contributed by atoms with Crippen LogP contribution in [-0.4, -0.2) is 66.8 Å². The Balaban J connectivity index is 1.52. The number of amides is 1. The monoisotopic (exact) mass is 400 g/mol. The van der Waals surface area contributed by atoms with Crippen molar-refractivity contribution < 1.29 is 19.1 Å². The number of aliphatic hydroxyl groups excluding tert-OH is 1. The first-order valence-electron chi connectivity index (χ1n) is 10.3. The van der Waals surface area contributed by atoms with E-state index in [0.717, 1.165) is 54.3 Å². The van der Waals surface area contributed by atoms with Crippen molar-refractivity contribution in [1.29, 1.82) is 0 Å². The highest BCUT2D eigenvalue weighted by Gasteiger charge is 2.27. The topological polar surface area (TPSA) is 83.2 Å². The molecule has 4 rings (SSSR count). The number of aliphatic hydroxyl groups is 1. The molecule has 2 aromatic rings. The highest BCUT2D eigenvalue weighted by Crippen LogP contribution is 2.32. The first kappa shape index (κ1) is 19.9. The second-order valence-electron chi connectivity index (χ2n) is 8.06. The van der Waals surface area contributed by atoms with E-state index in [4.69, 9.17) is 9.15 Å². The van der Waals surface area contributed by atoms with Crippen LogP contribution in [0, 0.1) is 6.92 Å². The standard InChI is InChI=1S/C22H28N2O5/c1-14-19(28-13-20(26)24-10-9-23(2)15(11-24)12-25)8-7-17-16-5-3-4-6-18(16)22(27)29-21(14)17/h7-8,15,25H,3-6,9-13H2,1-2H3. The largest absolute Gasteiger partial charge is 0.483 e. The molecule has 1 fully saturated rings. The van der Waals surface area contributed by atoms with Crippen LogP contribution in [0.4, 0.5) is 0 Å². The fraction of sp³-hybridized carbons (Fsp3) is 0.545. The molecule has 1 atom stereocenters. The lowest BCUT2D eigenvalue weighted by Gasteiger charge is -2.38. The van der Waals surface area contributed by atoms with Gasteiger partial charge in [0.05, 0.1) is 12.6 Å². The average molecular weight is 400 g/mol. The molecule has 156 valence electrons. The van der Waals surface area contributed by atoms with Crippen LogP contribution >= 0.6 is 0 Å². The van der Waals surface area contributed by atoms with E-state index in [1.54, 1.807) is 4.90 Å². The molecule has 2 heterocycles. The Morgan fingerprint density at radius 1 is 1.24 bits per heavy atom. The molecule has 1 aliphatic heterocycles. The van der Waals surface area contributed by atoms with Crippen molar-refractivity contribution >= 4 is 16.9 Å². The van der Waals surface area contributed by atoms with Gasteiger partial charge in [0.25, 0.3) is 5.91 Å². The molecule has 1 unspecified atom stereocenters. The van der Waals surface area contributed by atoms with Gasteiger partial charge in [0.1, 0.15) is 11.3 Å². The summed E-state index contributed by atoms with van der Waals surface area (Å²) in [5.74, 6) is 0.445. The number of ether oxygens (including phenoxy) is 1. The van der Waals surface area contributed by atoms with Gasteiger partial charge in [-0.05, 0) is 57.4 Å². The Kier molecular flexibility index (Phi) is 5.61. The second-order valence-corrected chi connectivity index (χ2v) is 8.06. The third-order valence-electron chi connectivity index (χ3n) is 6.28. The van der Waals surface area contributed by atoms with E-state index in [9.17, 15) is 14.7 Å². The summed E-state index contributed by atoms with van der Waals surface area (Å²) in [4.78, 5) is 28.8. The predicted molar refractivity (Wildman–Crippen MR) is 109 cm³/mol. The zero-order valence-electron chi connectivity index (χ0n) is 17.1. The number of hydrogen-bond acceptors (Lipinski definition) is 6. The number of rotatable bonds is 4. The minimum atomic E-state index is -0.254. The van der Waals surface area contributed by atoms with Crippen molar-refractivity contribution in [3.63, 3.8) is 0 Å². The zero-order valence-corrected chi connectivity index (χ0v) is 17.1. The first-order valence-corrected chi connectivity index (χ1v) is 10.3. The molecule has 1 N–H and O–H groups in total. The van der Waals surface area contributed by atoms with Gasteiger partial charge in [-0.3, -0.25) is 9.69 Å². The number of nitrogens with zero attached hydrogens (tertiary/aromatic N) is 2. The SMILES string of the molecule is Cc1c(OCC(=O)N2CCN(C)C(CO)C2)ccc2c3c(c(=O)oc12)CCCC3. The Hall–Kier alpha value is -2.38. The molecule has 1 aromatic heterocycles. The summed E-state index contributed by atoms with van der Waals surface area (Å²) >= 11 is 0. The molecule has 1 aromatic carbocycles. The Labute approximate surface area is 169 Å². The van der Waals surface area contributed by atoms with Gasteiger partial charge in [0.15, 0.2) is 6.61 Å². The fourth-order valence-corrected chi connectivity index (χ4v) is 4.38. The lowest BCUT2D eigenvalue weighted by molar-refractivity contribution is -0.136. The van der Waals surface area contributed by atoms with Gasteiger partial charge >= 0.3 is 5.63 Å². The second kappa shape index (κ2) is 8.16. The molecule has 0 spiro atoms. The number of likely N-dealkylation sites (N-methyl/N-ethyl adjacent to an activating group) is 1. The van der Waals surface area contributed by atoms with Crippen LogP contribution in [0.15, 0.2) is 21.3 Å². The van der Waals surface area contributed by atoms with E-state index < -0.39 is 0 Å². The van der Waals surface area contributed by atoms with E-state index in [2.05, 4.69) is 4.90 Å². The number of carbonyl (C=O) groups excluding carboxylic acids is 1. The number of carbonyl (C=O) groups is 1. The maximum absolute atomic E-state index is 12.6. The minimum Gasteiger partial charge on any atom is -0.483 e. The fourth-order valence-electron chi connectivity index (χ4n) is 4.38. The summed E-state index contributed by atoms with van der Waals surface area (Å²) in [5, 5.41) is 10.4. The highest BCUT2D eigenvalue weighted by molar-refractivity contribution is 5.86. The summed E-state index contributed by atoms with van der Waals surface area (Å²) in [5.41, 5.74) is 2.95. The molecule has 7 heteroatoms. The molecule has 29 heavy (non-hydrogen) atoms. The van der Waals surface area contributed by atoms with Gasteiger partial charge in [-0.15, -0.1) is 0 Å². The number of hydrogen-bond donors (Lipinski definition) is 1. The molecule has 1 aliphatic carbocycles. The average Bonchev–Trinajstić information content (AvgIpc) is 2.74. The van der Waals surface area contributed by atoms with Gasteiger partial charge in [-0.1, -0.05) is 0 Å². The summed E-state index contributed by atoms with van der Waals surface area (Å²) in [6, 6.07) is 3.75. The maximum Gasteiger partial charge on any atom is 0.339 e. The van der Waals surface area contributed by atoms with Crippen molar-refractivity contribution in [2.45, 2.75) is 38.6 Å². The van der Waals surface area contributed by atoms with Crippen LogP contribution in [0.3, 0.4) is 0 Å². The van der Waals surface area contributed by atoms with Crippen LogP contribution in [-0.2, 0) is 17.6 Å². The number of benzene rings is 1. The zero-order chi connectivity index (χ0) is 20.5. The normalized spacial score (nSPS) is 20.0.